The van der Waals surface area contributed by atoms with Crippen molar-refractivity contribution in [1.29, 1.82) is 0 Å². The fraction of sp³-hybridized carbons (Fsp3) is 0.290. The van der Waals surface area contributed by atoms with Gasteiger partial charge in [-0.25, -0.2) is 4.39 Å². The van der Waals surface area contributed by atoms with E-state index in [1.54, 1.807) is 60.4 Å². The van der Waals surface area contributed by atoms with Crippen LogP contribution >= 0.6 is 0 Å². The number of para-hydroxylation sites is 1. The highest BCUT2D eigenvalue weighted by Crippen LogP contribution is 2.20. The van der Waals surface area contributed by atoms with Crippen molar-refractivity contribution in [3.63, 3.8) is 0 Å². The van der Waals surface area contributed by atoms with Gasteiger partial charge in [-0.15, -0.1) is 0 Å². The Morgan fingerprint density at radius 3 is 2.49 bits per heavy atom. The molecular formula is C31H34FN3O4. The van der Waals surface area contributed by atoms with Crippen molar-refractivity contribution in [3.8, 4) is 5.75 Å². The second-order valence-electron chi connectivity index (χ2n) is 9.36. The molecule has 204 valence electrons. The number of halogens is 1. The monoisotopic (exact) mass is 531 g/mol. The zero-order valence-electron chi connectivity index (χ0n) is 22.4. The van der Waals surface area contributed by atoms with Crippen LogP contribution in [0.4, 0.5) is 4.39 Å². The van der Waals surface area contributed by atoms with Crippen LogP contribution in [0.5, 0.6) is 5.75 Å². The number of ether oxygens (including phenoxy) is 2. The number of fused-ring (bicyclic) bond motifs is 1. The molecule has 2 amide bonds. The van der Waals surface area contributed by atoms with Crippen LogP contribution in [-0.4, -0.2) is 67.1 Å². The summed E-state index contributed by atoms with van der Waals surface area (Å²) in [6.07, 6.45) is 3.19. The zero-order valence-corrected chi connectivity index (χ0v) is 22.4. The lowest BCUT2D eigenvalue weighted by Gasteiger charge is -2.28. The van der Waals surface area contributed by atoms with Gasteiger partial charge >= 0.3 is 0 Å². The maximum absolute atomic E-state index is 13.7. The summed E-state index contributed by atoms with van der Waals surface area (Å²) in [6.45, 7) is 1.49. The first kappa shape index (κ1) is 27.9. The second-order valence-corrected chi connectivity index (χ2v) is 9.36. The van der Waals surface area contributed by atoms with Gasteiger partial charge in [0.15, 0.2) is 0 Å². The van der Waals surface area contributed by atoms with Crippen LogP contribution in [0.15, 0.2) is 79.0 Å². The molecule has 0 spiro atoms. The van der Waals surface area contributed by atoms with Crippen molar-refractivity contribution in [3.05, 3.63) is 102 Å². The second kappa shape index (κ2) is 13.6. The van der Waals surface area contributed by atoms with Crippen molar-refractivity contribution >= 4 is 22.7 Å². The van der Waals surface area contributed by atoms with Crippen LogP contribution in [-0.2, 0) is 22.5 Å². The Hall–Kier alpha value is -4.17. The minimum Gasteiger partial charge on any atom is -0.497 e. The van der Waals surface area contributed by atoms with E-state index in [4.69, 9.17) is 9.47 Å². The van der Waals surface area contributed by atoms with Gasteiger partial charge in [-0.3, -0.25) is 9.59 Å². The highest BCUT2D eigenvalue weighted by molar-refractivity contribution is 5.97. The Kier molecular flexibility index (Phi) is 9.69. The summed E-state index contributed by atoms with van der Waals surface area (Å²) < 4.78 is 24.0. The Morgan fingerprint density at radius 2 is 1.72 bits per heavy atom. The molecule has 0 saturated carbocycles. The summed E-state index contributed by atoms with van der Waals surface area (Å²) in [5.41, 5.74) is 3.40. The topological polar surface area (TPSA) is 74.9 Å². The van der Waals surface area contributed by atoms with Crippen LogP contribution in [0.3, 0.4) is 0 Å². The Labute approximate surface area is 228 Å². The first-order valence-electron chi connectivity index (χ1n) is 13.0. The van der Waals surface area contributed by atoms with E-state index in [1.165, 1.54) is 12.1 Å². The van der Waals surface area contributed by atoms with Crippen molar-refractivity contribution in [1.82, 2.24) is 14.8 Å². The Morgan fingerprint density at radius 1 is 0.923 bits per heavy atom. The number of rotatable bonds is 13. The fourth-order valence-electron chi connectivity index (χ4n) is 4.55. The van der Waals surface area contributed by atoms with Gasteiger partial charge in [-0.05, 0) is 60.4 Å². The maximum atomic E-state index is 13.7. The van der Waals surface area contributed by atoms with Crippen molar-refractivity contribution in [2.24, 2.45) is 0 Å². The van der Waals surface area contributed by atoms with Crippen LogP contribution in [0.25, 0.3) is 10.9 Å². The average molecular weight is 532 g/mol. The van der Waals surface area contributed by atoms with Crippen LogP contribution < -0.4 is 4.74 Å². The van der Waals surface area contributed by atoms with Gasteiger partial charge in [-0.2, -0.15) is 0 Å². The van der Waals surface area contributed by atoms with Crippen molar-refractivity contribution in [2.75, 3.05) is 40.5 Å². The third-order valence-electron chi connectivity index (χ3n) is 6.67. The molecule has 0 radical (unpaired) electrons. The summed E-state index contributed by atoms with van der Waals surface area (Å²) in [4.78, 5) is 33.8. The van der Waals surface area contributed by atoms with Crippen molar-refractivity contribution < 1.29 is 23.5 Å². The molecule has 0 atom stereocenters. The lowest BCUT2D eigenvalue weighted by molar-refractivity contribution is -0.132. The van der Waals surface area contributed by atoms with E-state index in [1.807, 2.05) is 24.4 Å². The molecule has 4 aromatic rings. The largest absolute Gasteiger partial charge is 0.497 e. The maximum Gasteiger partial charge on any atom is 0.254 e. The predicted octanol–water partition coefficient (Wildman–Crippen LogP) is 5.07. The third-order valence-corrected chi connectivity index (χ3v) is 6.67. The van der Waals surface area contributed by atoms with Gasteiger partial charge in [0.25, 0.3) is 5.91 Å². The standard InChI is InChI=1S/C31H34FN3O4/c1-38-18-6-16-35(31(37)24-7-5-8-27(19-24)39-2)22-30(36)34(21-23-11-13-26(32)14-12-23)17-15-25-20-33-29-10-4-3-9-28(25)29/h3-5,7-14,19-20,33H,6,15-18,21-22H2,1-2H3. The predicted molar refractivity (Wildman–Crippen MR) is 149 cm³/mol. The highest BCUT2D eigenvalue weighted by Gasteiger charge is 2.23. The van der Waals surface area contributed by atoms with Gasteiger partial charge in [0.05, 0.1) is 7.11 Å². The summed E-state index contributed by atoms with van der Waals surface area (Å²) in [7, 11) is 3.15. The minimum atomic E-state index is -0.330. The van der Waals surface area contributed by atoms with E-state index in [0.717, 1.165) is 22.0 Å². The SMILES string of the molecule is COCCCN(CC(=O)N(CCc1c[nH]c2ccccc12)Cc1ccc(F)cc1)C(=O)c1cccc(OC)c1. The lowest BCUT2D eigenvalue weighted by atomic mass is 10.1. The molecule has 0 saturated heterocycles. The van der Waals surface area contributed by atoms with E-state index in [9.17, 15) is 14.0 Å². The molecule has 3 aromatic carbocycles. The third kappa shape index (κ3) is 7.45. The van der Waals surface area contributed by atoms with E-state index in [-0.39, 0.29) is 24.2 Å². The molecule has 0 fully saturated rings. The molecule has 39 heavy (non-hydrogen) atoms. The van der Waals surface area contributed by atoms with E-state index in [2.05, 4.69) is 11.1 Å². The Balaban J connectivity index is 1.54. The molecule has 1 heterocycles. The smallest absolute Gasteiger partial charge is 0.254 e. The molecule has 0 aliphatic carbocycles. The summed E-state index contributed by atoms with van der Waals surface area (Å²) in [6, 6.07) is 21.1. The number of nitrogens with zero attached hydrogens (tertiary/aromatic N) is 2. The Bertz CT molecular complexity index is 1390. The summed E-state index contributed by atoms with van der Waals surface area (Å²) >= 11 is 0. The van der Waals surface area contributed by atoms with E-state index >= 15 is 0 Å². The zero-order chi connectivity index (χ0) is 27.6. The molecule has 0 unspecified atom stereocenters. The molecule has 7 nitrogen and oxygen atoms in total. The fourth-order valence-corrected chi connectivity index (χ4v) is 4.55. The van der Waals surface area contributed by atoms with Crippen molar-refractivity contribution in [2.45, 2.75) is 19.4 Å². The quantitative estimate of drug-likeness (QED) is 0.245. The van der Waals surface area contributed by atoms with Crippen LogP contribution in [0, 0.1) is 5.82 Å². The molecule has 0 aliphatic heterocycles. The number of aromatic amines is 1. The number of amides is 2. The molecule has 8 heteroatoms. The summed E-state index contributed by atoms with van der Waals surface area (Å²) in [5.74, 6) is -0.200. The number of benzene rings is 3. The number of hydrogen-bond donors (Lipinski definition) is 1. The van der Waals surface area contributed by atoms with E-state index < -0.39 is 0 Å². The molecule has 0 aliphatic rings. The number of carbonyl (C=O) groups excluding carboxylic acids is 2. The highest BCUT2D eigenvalue weighted by atomic mass is 19.1. The first-order chi connectivity index (χ1) is 19.0. The van der Waals surface area contributed by atoms with Gasteiger partial charge in [0, 0.05) is 56.0 Å². The van der Waals surface area contributed by atoms with Gasteiger partial charge < -0.3 is 24.3 Å². The lowest BCUT2D eigenvalue weighted by Crippen LogP contribution is -2.44. The molecule has 1 N–H and O–H groups in total. The number of hydrogen-bond acceptors (Lipinski definition) is 4. The first-order valence-corrected chi connectivity index (χ1v) is 13.0. The minimum absolute atomic E-state index is 0.0885. The van der Waals surface area contributed by atoms with Gasteiger partial charge in [-0.1, -0.05) is 36.4 Å². The normalized spacial score (nSPS) is 10.9. The molecule has 0 bridgehead atoms. The van der Waals surface area contributed by atoms with E-state index in [0.29, 0.717) is 50.4 Å². The number of nitrogens with one attached hydrogen (secondary N) is 1. The average Bonchev–Trinajstić information content (AvgIpc) is 3.38. The number of aromatic nitrogens is 1. The van der Waals surface area contributed by atoms with Crippen LogP contribution in [0.2, 0.25) is 0 Å². The van der Waals surface area contributed by atoms with Crippen LogP contribution in [0.1, 0.15) is 27.9 Å². The molecule has 1 aromatic heterocycles. The van der Waals surface area contributed by atoms with Gasteiger partial charge in [0.1, 0.15) is 18.1 Å². The van der Waals surface area contributed by atoms with Gasteiger partial charge in [0.2, 0.25) is 5.91 Å². The summed E-state index contributed by atoms with van der Waals surface area (Å²) in [5, 5.41) is 1.11. The number of methoxy groups -OCH3 is 2. The molecular weight excluding hydrogens is 497 g/mol. The number of H-pyrrole nitrogens is 1. The number of carbonyl (C=O) groups is 2. The molecule has 4 rings (SSSR count).